The Bertz CT molecular complexity index is 546. The Balaban J connectivity index is 2.20. The van der Waals surface area contributed by atoms with E-state index < -0.39 is 5.41 Å². The van der Waals surface area contributed by atoms with Crippen molar-refractivity contribution in [2.24, 2.45) is 5.41 Å². The van der Waals surface area contributed by atoms with Gasteiger partial charge in [0.25, 0.3) is 5.91 Å². The molecule has 100 valence electrons. The standard InChI is InChI=1S/C14H17N3O2/c1-14(2,8-15)9-17(3)10-4-5-12-11(6-10)16-13(18)7-19-12/h4-6H,7,9H2,1-3H3,(H,16,18). The lowest BCUT2D eigenvalue weighted by molar-refractivity contribution is -0.118. The van der Waals surface area contributed by atoms with Crippen molar-refractivity contribution in [1.82, 2.24) is 0 Å². The van der Waals surface area contributed by atoms with Gasteiger partial charge < -0.3 is 15.0 Å². The maximum Gasteiger partial charge on any atom is 0.262 e. The number of nitrogens with one attached hydrogen (secondary N) is 1. The van der Waals surface area contributed by atoms with Gasteiger partial charge in [0.2, 0.25) is 0 Å². The Morgan fingerprint density at radius 1 is 1.53 bits per heavy atom. The number of nitrogens with zero attached hydrogens (tertiary/aromatic N) is 2. The van der Waals surface area contributed by atoms with Gasteiger partial charge >= 0.3 is 0 Å². The third-order valence-electron chi connectivity index (χ3n) is 2.97. The molecule has 0 radical (unpaired) electrons. The Labute approximate surface area is 112 Å². The van der Waals surface area contributed by atoms with Crippen molar-refractivity contribution >= 4 is 17.3 Å². The first-order chi connectivity index (χ1) is 8.91. The van der Waals surface area contributed by atoms with Gasteiger partial charge in [-0.3, -0.25) is 4.79 Å². The van der Waals surface area contributed by atoms with E-state index in [1.165, 1.54) is 0 Å². The fraction of sp³-hybridized carbons (Fsp3) is 0.429. The number of anilines is 2. The molecule has 5 heteroatoms. The number of benzene rings is 1. The van der Waals surface area contributed by atoms with E-state index >= 15 is 0 Å². The van der Waals surface area contributed by atoms with E-state index in [4.69, 9.17) is 10.00 Å². The van der Waals surface area contributed by atoms with Crippen LogP contribution < -0.4 is 15.0 Å². The normalized spacial score (nSPS) is 13.9. The summed E-state index contributed by atoms with van der Waals surface area (Å²) in [6, 6.07) is 7.89. The zero-order valence-corrected chi connectivity index (χ0v) is 11.4. The quantitative estimate of drug-likeness (QED) is 0.901. The highest BCUT2D eigenvalue weighted by molar-refractivity contribution is 5.96. The molecule has 1 aromatic carbocycles. The molecule has 0 unspecified atom stereocenters. The summed E-state index contributed by atoms with van der Waals surface area (Å²) in [5.41, 5.74) is 1.19. The Morgan fingerprint density at radius 2 is 2.26 bits per heavy atom. The first-order valence-corrected chi connectivity index (χ1v) is 6.10. The Hall–Kier alpha value is -2.22. The minimum Gasteiger partial charge on any atom is -0.482 e. The summed E-state index contributed by atoms with van der Waals surface area (Å²) in [6.07, 6.45) is 0. The lowest BCUT2D eigenvalue weighted by Gasteiger charge is -2.27. The van der Waals surface area contributed by atoms with Gasteiger partial charge in [-0.05, 0) is 32.0 Å². The average molecular weight is 259 g/mol. The van der Waals surface area contributed by atoms with Gasteiger partial charge in [0, 0.05) is 19.3 Å². The van der Waals surface area contributed by atoms with Crippen LogP contribution in [0.5, 0.6) is 5.75 Å². The monoisotopic (exact) mass is 259 g/mol. The Kier molecular flexibility index (Phi) is 3.34. The zero-order chi connectivity index (χ0) is 14.0. The molecular weight excluding hydrogens is 242 g/mol. The lowest BCUT2D eigenvalue weighted by Crippen LogP contribution is -2.30. The molecule has 0 saturated carbocycles. The van der Waals surface area contributed by atoms with Crippen molar-refractivity contribution in [1.29, 1.82) is 5.26 Å². The number of fused-ring (bicyclic) bond motifs is 1. The van der Waals surface area contributed by atoms with E-state index in [9.17, 15) is 4.79 Å². The fourth-order valence-electron chi connectivity index (χ4n) is 2.03. The molecule has 5 nitrogen and oxygen atoms in total. The van der Waals surface area contributed by atoms with Crippen LogP contribution in [0.4, 0.5) is 11.4 Å². The summed E-state index contributed by atoms with van der Waals surface area (Å²) in [5.74, 6) is 0.529. The smallest absolute Gasteiger partial charge is 0.262 e. The SMILES string of the molecule is CN(CC(C)(C)C#N)c1ccc2c(c1)NC(=O)CO2. The molecule has 0 bridgehead atoms. The van der Waals surface area contributed by atoms with E-state index in [-0.39, 0.29) is 12.5 Å². The number of hydrogen-bond acceptors (Lipinski definition) is 4. The molecular formula is C14H17N3O2. The number of ether oxygens (including phenoxy) is 1. The summed E-state index contributed by atoms with van der Waals surface area (Å²) in [6.45, 7) is 4.46. The first-order valence-electron chi connectivity index (χ1n) is 6.10. The molecule has 0 aromatic heterocycles. The summed E-state index contributed by atoms with van der Waals surface area (Å²) in [4.78, 5) is 13.3. The summed E-state index contributed by atoms with van der Waals surface area (Å²) in [7, 11) is 1.92. The molecule has 19 heavy (non-hydrogen) atoms. The largest absolute Gasteiger partial charge is 0.482 e. The highest BCUT2D eigenvalue weighted by Crippen LogP contribution is 2.32. The van der Waals surface area contributed by atoms with Gasteiger partial charge in [-0.2, -0.15) is 5.26 Å². The zero-order valence-electron chi connectivity index (χ0n) is 11.4. The van der Waals surface area contributed by atoms with E-state index in [0.717, 1.165) is 5.69 Å². The molecule has 2 rings (SSSR count). The van der Waals surface area contributed by atoms with E-state index in [0.29, 0.717) is 18.0 Å². The molecule has 1 aromatic rings. The average Bonchev–Trinajstić information content (AvgIpc) is 2.37. The molecule has 1 amide bonds. The number of rotatable bonds is 3. The van der Waals surface area contributed by atoms with Crippen LogP contribution in [0.25, 0.3) is 0 Å². The van der Waals surface area contributed by atoms with Crippen LogP contribution >= 0.6 is 0 Å². The molecule has 0 atom stereocenters. The predicted molar refractivity (Wildman–Crippen MR) is 73.2 cm³/mol. The van der Waals surface area contributed by atoms with Gasteiger partial charge in [0.1, 0.15) is 5.75 Å². The topological polar surface area (TPSA) is 65.4 Å². The first kappa shape index (κ1) is 13.2. The van der Waals surface area contributed by atoms with Crippen LogP contribution in [0.15, 0.2) is 18.2 Å². The molecule has 0 saturated heterocycles. The number of carbonyl (C=O) groups is 1. The molecule has 0 spiro atoms. The van der Waals surface area contributed by atoms with Crippen LogP contribution in [0.3, 0.4) is 0 Å². The second-order valence-corrected chi connectivity index (χ2v) is 5.37. The van der Waals surface area contributed by atoms with Crippen molar-refractivity contribution in [2.45, 2.75) is 13.8 Å². The molecule has 1 aliphatic heterocycles. The minimum absolute atomic E-state index is 0.0592. The predicted octanol–water partition coefficient (Wildman–Crippen LogP) is 2.00. The third-order valence-corrected chi connectivity index (χ3v) is 2.97. The third kappa shape index (κ3) is 2.97. The molecule has 1 heterocycles. The van der Waals surface area contributed by atoms with Crippen LogP contribution in [0, 0.1) is 16.7 Å². The fourth-order valence-corrected chi connectivity index (χ4v) is 2.03. The number of hydrogen-bond donors (Lipinski definition) is 1. The maximum atomic E-state index is 11.3. The highest BCUT2D eigenvalue weighted by atomic mass is 16.5. The molecule has 1 aliphatic rings. The van der Waals surface area contributed by atoms with E-state index in [1.807, 2.05) is 44.0 Å². The van der Waals surface area contributed by atoms with Crippen LogP contribution in [-0.4, -0.2) is 26.1 Å². The second-order valence-electron chi connectivity index (χ2n) is 5.37. The molecule has 0 fully saturated rings. The summed E-state index contributed by atoms with van der Waals surface area (Å²) >= 11 is 0. The number of carbonyl (C=O) groups excluding carboxylic acids is 1. The van der Waals surface area contributed by atoms with E-state index in [2.05, 4.69) is 11.4 Å². The van der Waals surface area contributed by atoms with Crippen LogP contribution in [0.2, 0.25) is 0 Å². The van der Waals surface area contributed by atoms with Gasteiger partial charge in [0.05, 0.1) is 17.2 Å². The summed E-state index contributed by atoms with van der Waals surface area (Å²) < 4.78 is 5.31. The van der Waals surface area contributed by atoms with Crippen molar-refractivity contribution in [3.8, 4) is 11.8 Å². The summed E-state index contributed by atoms with van der Waals surface area (Å²) in [5, 5.41) is 11.8. The van der Waals surface area contributed by atoms with Crippen molar-refractivity contribution in [2.75, 3.05) is 30.4 Å². The highest BCUT2D eigenvalue weighted by Gasteiger charge is 2.21. The van der Waals surface area contributed by atoms with Gasteiger partial charge in [0.15, 0.2) is 6.61 Å². The van der Waals surface area contributed by atoms with Crippen molar-refractivity contribution in [3.05, 3.63) is 18.2 Å². The number of amides is 1. The van der Waals surface area contributed by atoms with Crippen LogP contribution in [-0.2, 0) is 4.79 Å². The number of nitriles is 1. The molecule has 1 N–H and O–H groups in total. The van der Waals surface area contributed by atoms with E-state index in [1.54, 1.807) is 0 Å². The van der Waals surface area contributed by atoms with Gasteiger partial charge in [-0.1, -0.05) is 0 Å². The lowest BCUT2D eigenvalue weighted by atomic mass is 9.95. The van der Waals surface area contributed by atoms with Crippen LogP contribution in [0.1, 0.15) is 13.8 Å². The Morgan fingerprint density at radius 3 is 2.95 bits per heavy atom. The minimum atomic E-state index is -0.426. The molecule has 0 aliphatic carbocycles. The maximum absolute atomic E-state index is 11.3. The van der Waals surface area contributed by atoms with Gasteiger partial charge in [-0.25, -0.2) is 0 Å². The van der Waals surface area contributed by atoms with Crippen molar-refractivity contribution in [3.63, 3.8) is 0 Å². The van der Waals surface area contributed by atoms with Crippen molar-refractivity contribution < 1.29 is 9.53 Å². The second kappa shape index (κ2) is 4.81. The van der Waals surface area contributed by atoms with Gasteiger partial charge in [-0.15, -0.1) is 0 Å².